The molecule has 1 amide bonds. The van der Waals surface area contributed by atoms with Crippen molar-refractivity contribution in [1.82, 2.24) is 15.0 Å². The van der Waals surface area contributed by atoms with E-state index < -0.39 is 0 Å². The van der Waals surface area contributed by atoms with E-state index in [-0.39, 0.29) is 11.9 Å². The van der Waals surface area contributed by atoms with Crippen LogP contribution in [0.5, 0.6) is 0 Å². The van der Waals surface area contributed by atoms with Gasteiger partial charge >= 0.3 is 0 Å². The van der Waals surface area contributed by atoms with Crippen molar-refractivity contribution in [1.29, 1.82) is 0 Å². The van der Waals surface area contributed by atoms with Crippen LogP contribution >= 0.6 is 0 Å². The number of anilines is 3. The summed E-state index contributed by atoms with van der Waals surface area (Å²) >= 11 is 0. The number of nitrogens with zero attached hydrogens (tertiary/aromatic N) is 4. The first-order valence-corrected chi connectivity index (χ1v) is 10.2. The lowest BCUT2D eigenvalue weighted by Crippen LogP contribution is -2.36. The molecular formula is C21H28N6O. The maximum atomic E-state index is 13.1. The number of aromatic nitrogens is 3. The molecule has 2 aromatic rings. The molecule has 2 N–H and O–H groups in total. The summed E-state index contributed by atoms with van der Waals surface area (Å²) in [5, 5.41) is 6.14. The van der Waals surface area contributed by atoms with Crippen molar-refractivity contribution in [3.8, 4) is 0 Å². The Morgan fingerprint density at radius 2 is 1.86 bits per heavy atom. The second-order valence-corrected chi connectivity index (χ2v) is 7.88. The zero-order valence-electron chi connectivity index (χ0n) is 16.7. The average molecular weight is 380 g/mol. The summed E-state index contributed by atoms with van der Waals surface area (Å²) in [6.45, 7) is 6.72. The van der Waals surface area contributed by atoms with Crippen molar-refractivity contribution in [3.63, 3.8) is 0 Å². The van der Waals surface area contributed by atoms with Gasteiger partial charge in [0.15, 0.2) is 0 Å². The van der Waals surface area contributed by atoms with Gasteiger partial charge in [0.1, 0.15) is 5.82 Å². The average Bonchev–Trinajstić information content (AvgIpc) is 2.67. The molecule has 4 rings (SSSR count). The fraction of sp³-hybridized carbons (Fsp3) is 0.524. The van der Waals surface area contributed by atoms with Gasteiger partial charge in [0.05, 0.1) is 5.56 Å². The number of aryl methyl sites for hydroxylation is 2. The highest BCUT2D eigenvalue weighted by molar-refractivity contribution is 6.07. The van der Waals surface area contributed by atoms with Crippen molar-refractivity contribution in [3.05, 3.63) is 35.2 Å². The molecule has 148 valence electrons. The number of piperidine rings is 1. The monoisotopic (exact) mass is 380 g/mol. The number of carbonyl (C=O) groups is 1. The third-order valence-corrected chi connectivity index (χ3v) is 5.55. The second kappa shape index (κ2) is 8.12. The number of amides is 1. The molecule has 0 spiro atoms. The Balaban J connectivity index is 1.71. The summed E-state index contributed by atoms with van der Waals surface area (Å²) < 4.78 is 0. The van der Waals surface area contributed by atoms with Crippen molar-refractivity contribution in [2.45, 2.75) is 46.0 Å². The molecule has 1 saturated heterocycles. The first-order valence-electron chi connectivity index (χ1n) is 10.2. The number of hydrogen-bond acceptors (Lipinski definition) is 6. The Morgan fingerprint density at radius 3 is 2.75 bits per heavy atom. The van der Waals surface area contributed by atoms with Gasteiger partial charge in [0.25, 0.3) is 5.91 Å². The lowest BCUT2D eigenvalue weighted by Gasteiger charge is -2.35. The van der Waals surface area contributed by atoms with E-state index in [1.54, 1.807) is 0 Å². The van der Waals surface area contributed by atoms with Crippen LogP contribution in [0, 0.1) is 19.8 Å². The highest BCUT2D eigenvalue weighted by Gasteiger charge is 2.24. The van der Waals surface area contributed by atoms with Crippen LogP contribution in [0.4, 0.5) is 17.6 Å². The number of carbonyl (C=O) groups excluding carboxylic acids is 1. The maximum absolute atomic E-state index is 13.1. The van der Waals surface area contributed by atoms with Crippen LogP contribution in [-0.4, -0.2) is 40.5 Å². The molecule has 1 aromatic carbocycles. The zero-order chi connectivity index (χ0) is 19.5. The SMILES string of the molecule is Cc1ccc2c(c1)N1CCCC(CCCCNc3nc(C)nc(n3)NC2=O)C1. The van der Waals surface area contributed by atoms with Crippen LogP contribution < -0.4 is 15.5 Å². The van der Waals surface area contributed by atoms with E-state index in [0.717, 1.165) is 37.3 Å². The van der Waals surface area contributed by atoms with Crippen LogP contribution in [0.3, 0.4) is 0 Å². The standard InChI is InChI=1S/C21H28N6O/c1-14-8-9-17-18(12-14)27-11-5-7-16(13-27)6-3-4-10-22-20-23-15(2)24-21(26-20)25-19(17)28/h8-9,12,16H,3-7,10-11,13H2,1-2H3,(H2,22,23,24,25,26,28). The Morgan fingerprint density at radius 1 is 1.04 bits per heavy atom. The normalized spacial score (nSPS) is 20.3. The first kappa shape index (κ1) is 18.7. The minimum Gasteiger partial charge on any atom is -0.371 e. The summed E-state index contributed by atoms with van der Waals surface area (Å²) in [4.78, 5) is 28.5. The quantitative estimate of drug-likeness (QED) is 0.727. The van der Waals surface area contributed by atoms with Gasteiger partial charge in [-0.1, -0.05) is 12.5 Å². The molecule has 28 heavy (non-hydrogen) atoms. The maximum Gasteiger partial charge on any atom is 0.260 e. The predicted octanol–water partition coefficient (Wildman–Crippen LogP) is 3.55. The number of benzene rings is 1. The van der Waals surface area contributed by atoms with Gasteiger partial charge in [-0.05, 0) is 63.1 Å². The van der Waals surface area contributed by atoms with E-state index >= 15 is 0 Å². The van der Waals surface area contributed by atoms with Gasteiger partial charge in [0, 0.05) is 25.3 Å². The molecule has 1 fully saturated rings. The van der Waals surface area contributed by atoms with Gasteiger partial charge in [-0.25, -0.2) is 0 Å². The third-order valence-electron chi connectivity index (χ3n) is 5.55. The van der Waals surface area contributed by atoms with Gasteiger partial charge in [-0.2, -0.15) is 15.0 Å². The van der Waals surface area contributed by atoms with Crippen LogP contribution in [0.25, 0.3) is 0 Å². The minimum atomic E-state index is -0.177. The van der Waals surface area contributed by atoms with Gasteiger partial charge < -0.3 is 10.2 Å². The molecule has 1 unspecified atom stereocenters. The van der Waals surface area contributed by atoms with E-state index in [4.69, 9.17) is 0 Å². The van der Waals surface area contributed by atoms with Crippen molar-refractivity contribution in [2.24, 2.45) is 5.92 Å². The van der Waals surface area contributed by atoms with E-state index in [2.05, 4.69) is 43.5 Å². The minimum absolute atomic E-state index is 0.177. The second-order valence-electron chi connectivity index (χ2n) is 7.88. The molecule has 2 aliphatic heterocycles. The molecule has 4 bridgehead atoms. The van der Waals surface area contributed by atoms with Crippen molar-refractivity contribution in [2.75, 3.05) is 35.2 Å². The summed E-state index contributed by atoms with van der Waals surface area (Å²) in [7, 11) is 0. The van der Waals surface area contributed by atoms with Crippen molar-refractivity contribution < 1.29 is 4.79 Å². The first-order chi connectivity index (χ1) is 13.6. The van der Waals surface area contributed by atoms with E-state index in [0.29, 0.717) is 23.3 Å². The van der Waals surface area contributed by atoms with Gasteiger partial charge in [0.2, 0.25) is 11.9 Å². The summed E-state index contributed by atoms with van der Waals surface area (Å²) in [6, 6.07) is 6.02. The molecule has 7 nitrogen and oxygen atoms in total. The Kier molecular flexibility index (Phi) is 5.41. The lowest BCUT2D eigenvalue weighted by atomic mass is 9.91. The number of nitrogens with one attached hydrogen (secondary N) is 2. The van der Waals surface area contributed by atoms with E-state index in [9.17, 15) is 4.79 Å². The van der Waals surface area contributed by atoms with Crippen LogP contribution in [0.15, 0.2) is 18.2 Å². The Hall–Kier alpha value is -2.70. The molecule has 0 saturated carbocycles. The smallest absolute Gasteiger partial charge is 0.260 e. The largest absolute Gasteiger partial charge is 0.371 e. The highest BCUT2D eigenvalue weighted by Crippen LogP contribution is 2.30. The highest BCUT2D eigenvalue weighted by atomic mass is 16.1. The summed E-state index contributed by atoms with van der Waals surface area (Å²) in [5.41, 5.74) is 2.85. The Bertz CT molecular complexity index is 868. The zero-order valence-corrected chi connectivity index (χ0v) is 16.7. The topological polar surface area (TPSA) is 83.0 Å². The van der Waals surface area contributed by atoms with Crippen LogP contribution in [0.1, 0.15) is 53.8 Å². The van der Waals surface area contributed by atoms with Crippen LogP contribution in [-0.2, 0) is 0 Å². The molecule has 7 heteroatoms. The van der Waals surface area contributed by atoms with E-state index in [1.165, 1.54) is 25.7 Å². The van der Waals surface area contributed by atoms with Crippen LogP contribution in [0.2, 0.25) is 0 Å². The molecule has 1 aromatic heterocycles. The van der Waals surface area contributed by atoms with Gasteiger partial charge in [-0.3, -0.25) is 10.1 Å². The number of hydrogen-bond donors (Lipinski definition) is 2. The molecule has 0 radical (unpaired) electrons. The predicted molar refractivity (Wildman–Crippen MR) is 111 cm³/mol. The summed E-state index contributed by atoms with van der Waals surface area (Å²) in [5.74, 6) is 1.89. The molecule has 1 atom stereocenters. The fourth-order valence-electron chi connectivity index (χ4n) is 4.16. The van der Waals surface area contributed by atoms with E-state index in [1.807, 2.05) is 19.1 Å². The Labute approximate surface area is 166 Å². The summed E-state index contributed by atoms with van der Waals surface area (Å²) in [6.07, 6.45) is 5.92. The van der Waals surface area contributed by atoms with Crippen molar-refractivity contribution >= 4 is 23.5 Å². The lowest BCUT2D eigenvalue weighted by molar-refractivity contribution is 0.102. The fourth-order valence-corrected chi connectivity index (χ4v) is 4.16. The number of rotatable bonds is 0. The molecule has 3 heterocycles. The third kappa shape index (κ3) is 4.24. The molecule has 0 aliphatic carbocycles. The van der Waals surface area contributed by atoms with Gasteiger partial charge in [-0.15, -0.1) is 0 Å². The molecular weight excluding hydrogens is 352 g/mol. The number of fused-ring (bicyclic) bond motifs is 6. The molecule has 2 aliphatic rings.